The fourth-order valence-electron chi connectivity index (χ4n) is 0.696. The van der Waals surface area contributed by atoms with Gasteiger partial charge in [0.1, 0.15) is 0 Å². The van der Waals surface area contributed by atoms with Crippen molar-refractivity contribution in [3.63, 3.8) is 0 Å². The van der Waals surface area contributed by atoms with E-state index in [1.807, 2.05) is 0 Å². The first-order chi connectivity index (χ1) is 5.95. The van der Waals surface area contributed by atoms with Crippen LogP contribution in [0, 0.1) is 0 Å². The van der Waals surface area contributed by atoms with E-state index < -0.39 is 7.82 Å². The molecule has 6 nitrogen and oxygen atoms in total. The fourth-order valence-corrected chi connectivity index (χ4v) is 1.06. The number of unbranched alkanes of at least 4 members (excludes halogenated alkanes) is 1. The normalized spacial score (nSPS) is 11.3. The van der Waals surface area contributed by atoms with E-state index in [9.17, 15) is 9.36 Å². The second-order valence-corrected chi connectivity index (χ2v) is 3.69. The average molecular weight is 211 g/mol. The van der Waals surface area contributed by atoms with E-state index in [-0.39, 0.29) is 12.5 Å². The Morgan fingerprint density at radius 2 is 2.08 bits per heavy atom. The molecule has 0 aliphatic carbocycles. The molecular formula is C6H14NO5P. The summed E-state index contributed by atoms with van der Waals surface area (Å²) in [6, 6.07) is 0. The number of phosphoric ester groups is 1. The number of hydrogen-bond acceptors (Lipinski definition) is 3. The van der Waals surface area contributed by atoms with Crippen LogP contribution in [0.4, 0.5) is 0 Å². The van der Waals surface area contributed by atoms with Crippen molar-refractivity contribution in [1.82, 2.24) is 5.32 Å². The first-order valence-corrected chi connectivity index (χ1v) is 5.39. The first kappa shape index (κ1) is 12.6. The Hall–Kier alpha value is -0.420. The maximum Gasteiger partial charge on any atom is 0.469 e. The lowest BCUT2D eigenvalue weighted by Crippen LogP contribution is -2.17. The minimum Gasteiger partial charge on any atom is -0.359 e. The molecule has 0 radical (unpaired) electrons. The Morgan fingerprint density at radius 1 is 1.46 bits per heavy atom. The predicted octanol–water partition coefficient (Wildman–Crippen LogP) is 0.0120. The number of nitrogens with one attached hydrogen (secondary N) is 1. The van der Waals surface area contributed by atoms with Gasteiger partial charge in [-0.15, -0.1) is 0 Å². The van der Waals surface area contributed by atoms with E-state index in [1.54, 1.807) is 0 Å². The van der Waals surface area contributed by atoms with Crippen molar-refractivity contribution in [3.8, 4) is 0 Å². The fraction of sp³-hybridized carbons (Fsp3) is 0.833. The molecule has 0 aliphatic heterocycles. The lowest BCUT2D eigenvalue weighted by Gasteiger charge is -2.04. The summed E-state index contributed by atoms with van der Waals surface area (Å²) in [6.07, 6.45) is 1.36. The third kappa shape index (κ3) is 9.49. The smallest absolute Gasteiger partial charge is 0.359 e. The van der Waals surface area contributed by atoms with Crippen molar-refractivity contribution in [3.05, 3.63) is 0 Å². The lowest BCUT2D eigenvalue weighted by molar-refractivity contribution is -0.120. The van der Waals surface area contributed by atoms with Crippen molar-refractivity contribution in [2.45, 2.75) is 19.3 Å². The molecule has 0 unspecified atom stereocenters. The number of carbonyl (C=O) groups is 1. The van der Waals surface area contributed by atoms with Gasteiger partial charge in [-0.05, 0) is 12.8 Å². The van der Waals surface area contributed by atoms with Crippen molar-refractivity contribution in [1.29, 1.82) is 0 Å². The van der Waals surface area contributed by atoms with Gasteiger partial charge in [0.25, 0.3) is 0 Å². The van der Waals surface area contributed by atoms with E-state index in [1.165, 1.54) is 7.05 Å². The molecule has 78 valence electrons. The van der Waals surface area contributed by atoms with E-state index >= 15 is 0 Å². The molecule has 0 bridgehead atoms. The monoisotopic (exact) mass is 211 g/mol. The largest absolute Gasteiger partial charge is 0.469 e. The van der Waals surface area contributed by atoms with E-state index in [2.05, 4.69) is 9.84 Å². The maximum absolute atomic E-state index is 10.7. The Kier molecular flexibility index (Phi) is 5.90. The number of carbonyl (C=O) groups excluding carboxylic acids is 1. The van der Waals surface area contributed by atoms with Crippen LogP contribution in [0.3, 0.4) is 0 Å². The molecule has 0 aromatic carbocycles. The van der Waals surface area contributed by atoms with Crippen molar-refractivity contribution >= 4 is 13.7 Å². The van der Waals surface area contributed by atoms with E-state index in [0.29, 0.717) is 19.3 Å². The van der Waals surface area contributed by atoms with Gasteiger partial charge in [0.15, 0.2) is 0 Å². The number of phosphoric acid groups is 1. The Bertz CT molecular complexity index is 201. The quantitative estimate of drug-likeness (QED) is 0.425. The molecule has 7 heteroatoms. The van der Waals surface area contributed by atoms with Gasteiger partial charge in [-0.25, -0.2) is 4.57 Å². The van der Waals surface area contributed by atoms with Gasteiger partial charge in [-0.2, -0.15) is 0 Å². The number of amides is 1. The van der Waals surface area contributed by atoms with E-state index in [0.717, 1.165) is 0 Å². The van der Waals surface area contributed by atoms with Crippen LogP contribution in [0.2, 0.25) is 0 Å². The maximum atomic E-state index is 10.7. The average Bonchev–Trinajstić information content (AvgIpc) is 2.01. The molecule has 0 rings (SSSR count). The van der Waals surface area contributed by atoms with Gasteiger partial charge in [0.2, 0.25) is 5.91 Å². The second-order valence-electron chi connectivity index (χ2n) is 2.45. The molecule has 0 aromatic heterocycles. The molecule has 0 heterocycles. The number of hydrogen-bond donors (Lipinski definition) is 3. The molecule has 0 aromatic rings. The minimum atomic E-state index is -4.34. The summed E-state index contributed by atoms with van der Waals surface area (Å²) in [5.74, 6) is -0.0869. The van der Waals surface area contributed by atoms with Crippen LogP contribution in [0.25, 0.3) is 0 Å². The summed E-state index contributed by atoms with van der Waals surface area (Å²) in [7, 11) is -2.80. The van der Waals surface area contributed by atoms with Gasteiger partial charge in [0, 0.05) is 13.5 Å². The van der Waals surface area contributed by atoms with Crippen molar-refractivity contribution in [2.24, 2.45) is 0 Å². The third-order valence-electron chi connectivity index (χ3n) is 1.34. The van der Waals surface area contributed by atoms with Crippen LogP contribution < -0.4 is 5.32 Å². The first-order valence-electron chi connectivity index (χ1n) is 3.86. The molecule has 0 saturated carbocycles. The standard InChI is InChI=1S/C6H14NO5P/c1-7-6(8)4-2-3-5-12-13(9,10)11/h2-5H2,1H3,(H,7,8)(H2,9,10,11). The topological polar surface area (TPSA) is 95.9 Å². The van der Waals surface area contributed by atoms with Gasteiger partial charge in [-0.1, -0.05) is 0 Å². The van der Waals surface area contributed by atoms with Gasteiger partial charge < -0.3 is 15.1 Å². The summed E-state index contributed by atoms with van der Waals surface area (Å²) in [6.45, 7) is -0.0265. The number of rotatable bonds is 6. The predicted molar refractivity (Wildman–Crippen MR) is 45.9 cm³/mol. The summed E-state index contributed by atoms with van der Waals surface area (Å²) < 4.78 is 14.4. The highest BCUT2D eigenvalue weighted by atomic mass is 31.2. The van der Waals surface area contributed by atoms with Gasteiger partial charge in [-0.3, -0.25) is 9.32 Å². The Labute approximate surface area is 76.5 Å². The molecule has 0 spiro atoms. The van der Waals surface area contributed by atoms with E-state index in [4.69, 9.17) is 9.79 Å². The minimum absolute atomic E-state index is 0.0265. The van der Waals surface area contributed by atoms with Crippen LogP contribution >= 0.6 is 7.82 Å². The summed E-state index contributed by atoms with van der Waals surface area (Å²) in [5, 5.41) is 2.44. The van der Waals surface area contributed by atoms with Gasteiger partial charge >= 0.3 is 7.82 Å². The molecule has 1 amide bonds. The highest BCUT2D eigenvalue weighted by Crippen LogP contribution is 2.35. The van der Waals surface area contributed by atoms with Crippen LogP contribution in [0.5, 0.6) is 0 Å². The molecule has 3 N–H and O–H groups in total. The Morgan fingerprint density at radius 3 is 2.54 bits per heavy atom. The summed E-state index contributed by atoms with van der Waals surface area (Å²) in [5.41, 5.74) is 0. The highest BCUT2D eigenvalue weighted by molar-refractivity contribution is 7.46. The van der Waals surface area contributed by atoms with Crippen LogP contribution in [0.1, 0.15) is 19.3 Å². The van der Waals surface area contributed by atoms with Crippen LogP contribution in [-0.4, -0.2) is 29.3 Å². The zero-order valence-corrected chi connectivity index (χ0v) is 8.29. The summed E-state index contributed by atoms with van der Waals surface area (Å²) >= 11 is 0. The van der Waals surface area contributed by atoms with Crippen molar-refractivity contribution < 1.29 is 23.7 Å². The molecule has 0 saturated heterocycles. The zero-order valence-electron chi connectivity index (χ0n) is 7.39. The lowest BCUT2D eigenvalue weighted by atomic mass is 10.2. The Balaban J connectivity index is 3.27. The molecule has 0 fully saturated rings. The highest BCUT2D eigenvalue weighted by Gasteiger charge is 2.12. The molecular weight excluding hydrogens is 197 g/mol. The van der Waals surface area contributed by atoms with Crippen LogP contribution in [0.15, 0.2) is 0 Å². The zero-order chi connectivity index (χ0) is 10.3. The van der Waals surface area contributed by atoms with Gasteiger partial charge in [0.05, 0.1) is 6.61 Å². The SMILES string of the molecule is CNC(=O)CCCCOP(=O)(O)O. The van der Waals surface area contributed by atoms with Crippen LogP contribution in [-0.2, 0) is 13.9 Å². The second kappa shape index (κ2) is 6.10. The van der Waals surface area contributed by atoms with Crippen molar-refractivity contribution in [2.75, 3.05) is 13.7 Å². The molecule has 13 heavy (non-hydrogen) atoms. The molecule has 0 atom stereocenters. The molecule has 0 aliphatic rings. The summed E-state index contributed by atoms with van der Waals surface area (Å²) in [4.78, 5) is 27.2. The third-order valence-corrected chi connectivity index (χ3v) is 1.86.